The summed E-state index contributed by atoms with van der Waals surface area (Å²) in [6.07, 6.45) is 1.39. The number of nitrogens with one attached hydrogen (secondary N) is 1. The van der Waals surface area contributed by atoms with E-state index in [1.54, 1.807) is 24.3 Å². The number of benzene rings is 2. The van der Waals surface area contributed by atoms with Crippen molar-refractivity contribution in [3.05, 3.63) is 79.4 Å². The molecule has 3 amide bonds. The van der Waals surface area contributed by atoms with Crippen LogP contribution in [0, 0.1) is 3.57 Å². The molecule has 4 rings (SSSR count). The average Bonchev–Trinajstić information content (AvgIpc) is 3.35. The van der Waals surface area contributed by atoms with Crippen LogP contribution < -0.4 is 5.32 Å². The highest BCUT2D eigenvalue weighted by atomic mass is 127. The molecule has 0 unspecified atom stereocenters. The molecule has 0 saturated carbocycles. The maximum Gasteiger partial charge on any atom is 0.335 e. The molecule has 0 bridgehead atoms. The van der Waals surface area contributed by atoms with Gasteiger partial charge in [-0.3, -0.25) is 19.3 Å². The predicted octanol–water partition coefficient (Wildman–Crippen LogP) is 5.58. The van der Waals surface area contributed by atoms with Crippen molar-refractivity contribution in [3.63, 3.8) is 0 Å². The highest BCUT2D eigenvalue weighted by molar-refractivity contribution is 14.1. The van der Waals surface area contributed by atoms with E-state index in [2.05, 4.69) is 27.9 Å². The molecule has 1 saturated heterocycles. The van der Waals surface area contributed by atoms with Crippen LogP contribution in [0.15, 0.2) is 63.9 Å². The largest absolute Gasteiger partial charge is 0.478 e. The van der Waals surface area contributed by atoms with Crippen LogP contribution in [0.4, 0.5) is 10.5 Å². The van der Waals surface area contributed by atoms with Gasteiger partial charge in [0.25, 0.3) is 11.1 Å². The number of halogens is 2. The Bertz CT molecular complexity index is 1350. The van der Waals surface area contributed by atoms with Gasteiger partial charge >= 0.3 is 5.97 Å². The van der Waals surface area contributed by atoms with Gasteiger partial charge in [-0.2, -0.15) is 0 Å². The number of hydrogen-bond donors (Lipinski definition) is 2. The Labute approximate surface area is 216 Å². The average molecular weight is 609 g/mol. The maximum atomic E-state index is 12.7. The van der Waals surface area contributed by atoms with E-state index in [4.69, 9.17) is 16.0 Å². The second kappa shape index (κ2) is 10.0. The number of thioether (sulfide) groups is 1. The molecule has 1 aromatic heterocycles. The zero-order valence-electron chi connectivity index (χ0n) is 17.1. The Hall–Kier alpha value is -3.09. The van der Waals surface area contributed by atoms with Crippen molar-refractivity contribution in [2.75, 3.05) is 11.9 Å². The van der Waals surface area contributed by atoms with Crippen molar-refractivity contribution in [1.29, 1.82) is 0 Å². The second-order valence-corrected chi connectivity index (χ2v) is 9.67. The van der Waals surface area contributed by atoms with Gasteiger partial charge in [0.05, 0.1) is 15.5 Å². The predicted molar refractivity (Wildman–Crippen MR) is 137 cm³/mol. The Morgan fingerprint density at radius 3 is 2.56 bits per heavy atom. The Morgan fingerprint density at radius 1 is 1.12 bits per heavy atom. The third kappa shape index (κ3) is 5.34. The van der Waals surface area contributed by atoms with Crippen LogP contribution in [0.2, 0.25) is 5.02 Å². The number of hydrogen-bond acceptors (Lipinski definition) is 6. The van der Waals surface area contributed by atoms with E-state index in [1.165, 1.54) is 24.3 Å². The second-order valence-electron chi connectivity index (χ2n) is 7.02. The van der Waals surface area contributed by atoms with Gasteiger partial charge in [-0.05, 0) is 89.0 Å². The molecule has 0 aliphatic carbocycles. The topological polar surface area (TPSA) is 117 Å². The maximum absolute atomic E-state index is 12.7. The summed E-state index contributed by atoms with van der Waals surface area (Å²) in [5.41, 5.74) is 0.977. The standard InChI is InChI=1S/C23H14ClIN2O6S/c24-17-7-1-12(22(30)31)9-16(17)18-8-6-15(33-18)10-19-21(29)27(23(32)34-19)11-20(28)26-14-4-2-13(25)3-5-14/h1-10H,11H2,(H,26,28)(H,30,31)/b19-10-. The SMILES string of the molecule is O=C(CN1C(=O)S/C(=C\c2ccc(-c3cc(C(=O)O)ccc3Cl)o2)C1=O)Nc1ccc(I)cc1. The molecule has 8 nitrogen and oxygen atoms in total. The van der Waals surface area contributed by atoms with Crippen molar-refractivity contribution < 1.29 is 28.7 Å². The Kier molecular flexibility index (Phi) is 7.10. The number of aromatic carboxylic acids is 1. The normalized spacial score (nSPS) is 14.6. The fraction of sp³-hybridized carbons (Fsp3) is 0.0435. The minimum Gasteiger partial charge on any atom is -0.478 e. The fourth-order valence-electron chi connectivity index (χ4n) is 3.07. The minimum atomic E-state index is -1.11. The summed E-state index contributed by atoms with van der Waals surface area (Å²) < 4.78 is 6.71. The molecule has 0 atom stereocenters. The van der Waals surface area contributed by atoms with Crippen LogP contribution in [0.3, 0.4) is 0 Å². The lowest BCUT2D eigenvalue weighted by Crippen LogP contribution is -2.36. The van der Waals surface area contributed by atoms with Crippen molar-refractivity contribution in [1.82, 2.24) is 4.90 Å². The van der Waals surface area contributed by atoms with Crippen LogP contribution in [0.1, 0.15) is 16.1 Å². The van der Waals surface area contributed by atoms with Crippen molar-refractivity contribution in [3.8, 4) is 11.3 Å². The zero-order chi connectivity index (χ0) is 24.4. The molecule has 2 aromatic carbocycles. The smallest absolute Gasteiger partial charge is 0.335 e. The minimum absolute atomic E-state index is 0.0435. The number of carbonyl (C=O) groups excluding carboxylic acids is 3. The van der Waals surface area contributed by atoms with Crippen molar-refractivity contribution in [2.45, 2.75) is 0 Å². The van der Waals surface area contributed by atoms with Gasteiger partial charge in [-0.15, -0.1) is 0 Å². The molecular formula is C23H14ClIN2O6S. The van der Waals surface area contributed by atoms with Gasteiger partial charge < -0.3 is 14.8 Å². The molecule has 0 radical (unpaired) electrons. The van der Waals surface area contributed by atoms with E-state index in [9.17, 15) is 24.3 Å². The third-order valence-electron chi connectivity index (χ3n) is 4.68. The Morgan fingerprint density at radius 2 is 1.85 bits per heavy atom. The van der Waals surface area contributed by atoms with E-state index < -0.39 is 29.6 Å². The number of anilines is 1. The molecule has 34 heavy (non-hydrogen) atoms. The number of carboxylic acid groups (broad SMARTS) is 1. The lowest BCUT2D eigenvalue weighted by molar-refractivity contribution is -0.127. The van der Waals surface area contributed by atoms with Gasteiger partial charge in [-0.25, -0.2) is 4.79 Å². The fourth-order valence-corrected chi connectivity index (χ4v) is 4.45. The third-order valence-corrected chi connectivity index (χ3v) is 6.64. The zero-order valence-corrected chi connectivity index (χ0v) is 20.8. The summed E-state index contributed by atoms with van der Waals surface area (Å²) in [4.78, 5) is 49.5. The molecular weight excluding hydrogens is 595 g/mol. The van der Waals surface area contributed by atoms with E-state index in [0.717, 1.165) is 8.47 Å². The van der Waals surface area contributed by atoms with Crippen molar-refractivity contribution >= 4 is 80.7 Å². The van der Waals surface area contributed by atoms with Gasteiger partial charge in [0.15, 0.2) is 0 Å². The van der Waals surface area contributed by atoms with E-state index >= 15 is 0 Å². The summed E-state index contributed by atoms with van der Waals surface area (Å²) in [5.74, 6) is -1.66. The van der Waals surface area contributed by atoms with Crippen LogP contribution >= 0.6 is 46.0 Å². The molecule has 3 aromatic rings. The molecule has 0 spiro atoms. The van der Waals surface area contributed by atoms with E-state index in [0.29, 0.717) is 33.8 Å². The van der Waals surface area contributed by atoms with Gasteiger partial charge in [0, 0.05) is 20.9 Å². The number of imide groups is 1. The molecule has 172 valence electrons. The van der Waals surface area contributed by atoms with Crippen LogP contribution in [0.5, 0.6) is 0 Å². The summed E-state index contributed by atoms with van der Waals surface area (Å²) in [5, 5.41) is 11.6. The molecule has 11 heteroatoms. The first-order valence-electron chi connectivity index (χ1n) is 9.65. The van der Waals surface area contributed by atoms with E-state index in [1.807, 2.05) is 12.1 Å². The quantitative estimate of drug-likeness (QED) is 0.277. The van der Waals surface area contributed by atoms with Crippen LogP contribution in [-0.4, -0.2) is 39.6 Å². The van der Waals surface area contributed by atoms with Gasteiger partial charge in [-0.1, -0.05) is 11.6 Å². The number of amides is 3. The van der Waals surface area contributed by atoms with E-state index in [-0.39, 0.29) is 16.2 Å². The molecule has 1 fully saturated rings. The number of carboxylic acids is 1. The highest BCUT2D eigenvalue weighted by Gasteiger charge is 2.36. The first-order chi connectivity index (χ1) is 16.2. The van der Waals surface area contributed by atoms with Crippen molar-refractivity contribution in [2.24, 2.45) is 0 Å². The number of nitrogens with zero attached hydrogens (tertiary/aromatic N) is 1. The summed E-state index contributed by atoms with van der Waals surface area (Å²) in [6.45, 7) is -0.422. The summed E-state index contributed by atoms with van der Waals surface area (Å²) >= 11 is 9.01. The number of furan rings is 1. The number of rotatable bonds is 6. The molecule has 1 aliphatic heterocycles. The number of carbonyl (C=O) groups is 4. The van der Waals surface area contributed by atoms with Crippen LogP contribution in [0.25, 0.3) is 17.4 Å². The molecule has 2 N–H and O–H groups in total. The summed E-state index contributed by atoms with van der Waals surface area (Å²) in [7, 11) is 0. The first kappa shape index (κ1) is 24.0. The Balaban J connectivity index is 1.48. The highest BCUT2D eigenvalue weighted by Crippen LogP contribution is 2.35. The summed E-state index contributed by atoms with van der Waals surface area (Å²) in [6, 6.07) is 14.4. The monoisotopic (exact) mass is 608 g/mol. The molecule has 2 heterocycles. The lowest BCUT2D eigenvalue weighted by atomic mass is 10.1. The van der Waals surface area contributed by atoms with Crippen LogP contribution in [-0.2, 0) is 9.59 Å². The lowest BCUT2D eigenvalue weighted by Gasteiger charge is -2.12. The first-order valence-corrected chi connectivity index (χ1v) is 11.9. The molecule has 1 aliphatic rings. The van der Waals surface area contributed by atoms with Gasteiger partial charge in [0.1, 0.15) is 18.1 Å². The van der Waals surface area contributed by atoms with Gasteiger partial charge in [0.2, 0.25) is 5.91 Å².